The van der Waals surface area contributed by atoms with Gasteiger partial charge in [0.15, 0.2) is 0 Å². The van der Waals surface area contributed by atoms with Gasteiger partial charge in [-0.15, -0.1) is 0 Å². The molecule has 1 atom stereocenters. The summed E-state index contributed by atoms with van der Waals surface area (Å²) in [5, 5.41) is 9.51. The topological polar surface area (TPSA) is 20.2 Å². The van der Waals surface area contributed by atoms with Crippen LogP contribution in [0.5, 0.6) is 0 Å². The molecule has 72 valence electrons. The Morgan fingerprint density at radius 3 is 2.57 bits per heavy atom. The van der Waals surface area contributed by atoms with Gasteiger partial charge in [-0.2, -0.15) is 0 Å². The third kappa shape index (κ3) is 1.78. The van der Waals surface area contributed by atoms with E-state index < -0.39 is 0 Å². The molecule has 1 aromatic carbocycles. The molecule has 14 heavy (non-hydrogen) atoms. The monoisotopic (exact) mass is 186 g/mol. The van der Waals surface area contributed by atoms with Crippen LogP contribution < -0.4 is 0 Å². The van der Waals surface area contributed by atoms with E-state index in [1.807, 2.05) is 18.2 Å². The van der Waals surface area contributed by atoms with Gasteiger partial charge in [-0.1, -0.05) is 43.0 Å². The van der Waals surface area contributed by atoms with Crippen molar-refractivity contribution in [3.63, 3.8) is 0 Å². The zero-order valence-electron chi connectivity index (χ0n) is 8.11. The first-order chi connectivity index (χ1) is 6.77. The summed E-state index contributed by atoms with van der Waals surface area (Å²) < 4.78 is 0. The minimum absolute atomic E-state index is 0.329. The van der Waals surface area contributed by atoms with Crippen LogP contribution in [0, 0.1) is 0 Å². The number of aliphatic hydroxyl groups is 1. The van der Waals surface area contributed by atoms with Crippen molar-refractivity contribution in [3.8, 4) is 0 Å². The van der Waals surface area contributed by atoms with Gasteiger partial charge in [0.25, 0.3) is 0 Å². The highest BCUT2D eigenvalue weighted by atomic mass is 16.3. The molecular formula is C13H14O. The fraction of sp³-hybridized carbons (Fsp3) is 0.231. The van der Waals surface area contributed by atoms with E-state index >= 15 is 0 Å². The summed E-state index contributed by atoms with van der Waals surface area (Å²) in [6.07, 6.45) is 3.54. The van der Waals surface area contributed by atoms with Gasteiger partial charge in [-0.05, 0) is 29.6 Å². The summed E-state index contributed by atoms with van der Waals surface area (Å²) in [6, 6.07) is 10.2. The number of hydrogen-bond donors (Lipinski definition) is 1. The molecule has 0 heterocycles. The molecule has 1 unspecified atom stereocenters. The number of hydrogen-bond acceptors (Lipinski definition) is 1. The lowest BCUT2D eigenvalue weighted by molar-refractivity contribution is 0.219. The van der Waals surface area contributed by atoms with Gasteiger partial charge >= 0.3 is 0 Å². The maximum absolute atomic E-state index is 9.51. The van der Waals surface area contributed by atoms with Gasteiger partial charge in [0.2, 0.25) is 0 Å². The van der Waals surface area contributed by atoms with Crippen LogP contribution in [-0.2, 0) is 0 Å². The molecule has 1 heteroatoms. The van der Waals surface area contributed by atoms with Crippen LogP contribution in [0.4, 0.5) is 0 Å². The minimum atomic E-state index is -0.329. The van der Waals surface area contributed by atoms with Crippen LogP contribution in [0.1, 0.15) is 18.4 Å². The van der Waals surface area contributed by atoms with Crippen molar-refractivity contribution in [1.29, 1.82) is 0 Å². The lowest BCUT2D eigenvalue weighted by Gasteiger charge is -2.02. The molecule has 1 nitrogen and oxygen atoms in total. The van der Waals surface area contributed by atoms with Crippen LogP contribution >= 0.6 is 0 Å². The second-order valence-corrected chi connectivity index (χ2v) is 3.66. The maximum atomic E-state index is 9.51. The van der Waals surface area contributed by atoms with Gasteiger partial charge in [-0.25, -0.2) is 0 Å². The van der Waals surface area contributed by atoms with Crippen molar-refractivity contribution in [1.82, 2.24) is 0 Å². The highest BCUT2D eigenvalue weighted by Crippen LogP contribution is 2.30. The minimum Gasteiger partial charge on any atom is -0.388 e. The third-order valence-corrected chi connectivity index (χ3v) is 2.64. The molecule has 0 saturated heterocycles. The predicted octanol–water partition coefficient (Wildman–Crippen LogP) is 2.78. The Morgan fingerprint density at radius 2 is 2.00 bits per heavy atom. The Balaban J connectivity index is 2.24. The molecule has 1 saturated carbocycles. The fourth-order valence-corrected chi connectivity index (χ4v) is 1.76. The van der Waals surface area contributed by atoms with Crippen molar-refractivity contribution >= 4 is 6.08 Å². The second-order valence-electron chi connectivity index (χ2n) is 3.66. The predicted molar refractivity (Wildman–Crippen MR) is 58.8 cm³/mol. The van der Waals surface area contributed by atoms with E-state index in [4.69, 9.17) is 0 Å². The van der Waals surface area contributed by atoms with Crippen LogP contribution in [0.3, 0.4) is 0 Å². The molecule has 1 fully saturated rings. The van der Waals surface area contributed by atoms with Gasteiger partial charge in [-0.3, -0.25) is 0 Å². The zero-order chi connectivity index (χ0) is 9.97. The number of aliphatic hydroxyl groups excluding tert-OH is 1. The molecule has 1 aliphatic carbocycles. The smallest absolute Gasteiger partial charge is 0.0790 e. The lowest BCUT2D eigenvalue weighted by atomic mass is 10.1. The summed E-state index contributed by atoms with van der Waals surface area (Å²) in [5.74, 6) is 0. The average Bonchev–Trinajstić information content (AvgIpc) is 2.52. The van der Waals surface area contributed by atoms with Crippen molar-refractivity contribution in [2.45, 2.75) is 18.9 Å². The van der Waals surface area contributed by atoms with E-state index in [0.717, 1.165) is 18.4 Å². The zero-order valence-corrected chi connectivity index (χ0v) is 8.11. The van der Waals surface area contributed by atoms with Crippen molar-refractivity contribution < 1.29 is 5.11 Å². The van der Waals surface area contributed by atoms with E-state index in [1.54, 1.807) is 0 Å². The Labute approximate surface area is 84.4 Å². The summed E-state index contributed by atoms with van der Waals surface area (Å²) in [6.45, 7) is 3.89. The molecule has 1 aromatic rings. The second kappa shape index (κ2) is 3.81. The number of rotatable bonds is 1. The number of benzene rings is 1. The van der Waals surface area contributed by atoms with E-state index in [9.17, 15) is 5.11 Å². The molecule has 0 aliphatic heterocycles. The summed E-state index contributed by atoms with van der Waals surface area (Å²) in [4.78, 5) is 0. The van der Waals surface area contributed by atoms with Crippen molar-refractivity contribution in [3.05, 3.63) is 53.6 Å². The van der Waals surface area contributed by atoms with Crippen LogP contribution in [0.25, 0.3) is 6.08 Å². The SMILES string of the molecule is C=C1/C(=C/c2ccccc2)CCC1O. The molecule has 1 N–H and O–H groups in total. The first-order valence-corrected chi connectivity index (χ1v) is 4.90. The lowest BCUT2D eigenvalue weighted by Crippen LogP contribution is -1.99. The first kappa shape index (κ1) is 9.22. The Kier molecular flexibility index (Phi) is 2.51. The molecule has 0 bridgehead atoms. The summed E-state index contributed by atoms with van der Waals surface area (Å²) in [7, 11) is 0. The molecule has 2 rings (SSSR count). The molecule has 0 radical (unpaired) electrons. The van der Waals surface area contributed by atoms with Crippen LogP contribution in [0.2, 0.25) is 0 Å². The third-order valence-electron chi connectivity index (χ3n) is 2.64. The Morgan fingerprint density at radius 1 is 1.29 bits per heavy atom. The average molecular weight is 186 g/mol. The van der Waals surface area contributed by atoms with Crippen molar-refractivity contribution in [2.75, 3.05) is 0 Å². The standard InChI is InChI=1S/C13H14O/c1-10-12(7-8-13(10)14)9-11-5-3-2-4-6-11/h2-6,9,13-14H,1,7-8H2/b12-9+. The highest BCUT2D eigenvalue weighted by Gasteiger charge is 2.20. The molecule has 1 aliphatic rings. The van der Waals surface area contributed by atoms with Gasteiger partial charge < -0.3 is 5.11 Å². The Bertz CT molecular complexity index is 362. The van der Waals surface area contributed by atoms with Gasteiger partial charge in [0.05, 0.1) is 6.10 Å². The Hall–Kier alpha value is -1.34. The molecule has 0 spiro atoms. The molecule has 0 aromatic heterocycles. The van der Waals surface area contributed by atoms with E-state index in [2.05, 4.69) is 24.8 Å². The van der Waals surface area contributed by atoms with Crippen molar-refractivity contribution in [2.24, 2.45) is 0 Å². The van der Waals surface area contributed by atoms with Gasteiger partial charge in [0.1, 0.15) is 0 Å². The molecular weight excluding hydrogens is 172 g/mol. The van der Waals surface area contributed by atoms with Crippen LogP contribution in [0.15, 0.2) is 48.1 Å². The van der Waals surface area contributed by atoms with E-state index in [-0.39, 0.29) is 6.10 Å². The summed E-state index contributed by atoms with van der Waals surface area (Å²) >= 11 is 0. The fourth-order valence-electron chi connectivity index (χ4n) is 1.76. The van der Waals surface area contributed by atoms with Gasteiger partial charge in [0, 0.05) is 0 Å². The highest BCUT2D eigenvalue weighted by molar-refractivity contribution is 5.60. The largest absolute Gasteiger partial charge is 0.388 e. The quantitative estimate of drug-likeness (QED) is 0.715. The van der Waals surface area contributed by atoms with Crippen LogP contribution in [-0.4, -0.2) is 11.2 Å². The summed E-state index contributed by atoms with van der Waals surface area (Å²) in [5.41, 5.74) is 3.25. The van der Waals surface area contributed by atoms with E-state index in [1.165, 1.54) is 11.1 Å². The molecule has 0 amide bonds. The van der Waals surface area contributed by atoms with E-state index in [0.29, 0.717) is 0 Å². The first-order valence-electron chi connectivity index (χ1n) is 4.90. The maximum Gasteiger partial charge on any atom is 0.0790 e. The normalized spacial score (nSPS) is 24.5.